The van der Waals surface area contributed by atoms with E-state index in [1.54, 1.807) is 24.3 Å². The van der Waals surface area contributed by atoms with Crippen molar-refractivity contribution in [2.75, 3.05) is 17.1 Å². The van der Waals surface area contributed by atoms with Crippen LogP contribution in [0.25, 0.3) is 0 Å². The molecule has 0 unspecified atom stereocenters. The summed E-state index contributed by atoms with van der Waals surface area (Å²) in [6.07, 6.45) is 1.07. The van der Waals surface area contributed by atoms with Gasteiger partial charge in [-0.15, -0.1) is 0 Å². The lowest BCUT2D eigenvalue weighted by Gasteiger charge is -2.24. The third-order valence-corrected chi connectivity index (χ3v) is 4.58. The monoisotopic (exact) mass is 332 g/mol. The van der Waals surface area contributed by atoms with Gasteiger partial charge in [-0.05, 0) is 37.1 Å². The maximum absolute atomic E-state index is 12.0. The second-order valence-corrected chi connectivity index (χ2v) is 7.69. The average molecular weight is 333 g/mol. The molecular weight excluding hydrogens is 312 g/mol. The van der Waals surface area contributed by atoms with Gasteiger partial charge in [0.2, 0.25) is 15.9 Å². The maximum Gasteiger partial charge on any atom is 0.240 e. The molecule has 1 rings (SSSR count). The minimum absolute atomic E-state index is 0.0240. The van der Waals surface area contributed by atoms with E-state index in [0.29, 0.717) is 10.7 Å². The van der Waals surface area contributed by atoms with Gasteiger partial charge in [0, 0.05) is 11.1 Å². The quantitative estimate of drug-likeness (QED) is 0.869. The van der Waals surface area contributed by atoms with Crippen molar-refractivity contribution in [3.63, 3.8) is 0 Å². The van der Waals surface area contributed by atoms with Gasteiger partial charge in [0.05, 0.1) is 11.9 Å². The van der Waals surface area contributed by atoms with Crippen molar-refractivity contribution < 1.29 is 13.2 Å². The molecule has 5 nitrogen and oxygen atoms in total. The predicted octanol–water partition coefficient (Wildman–Crippen LogP) is 2.27. The summed E-state index contributed by atoms with van der Waals surface area (Å²) >= 11 is 5.79. The fourth-order valence-corrected chi connectivity index (χ4v) is 2.59. The first kappa shape index (κ1) is 17.8. The number of rotatable bonds is 6. The van der Waals surface area contributed by atoms with Gasteiger partial charge in [-0.1, -0.05) is 25.4 Å². The first-order valence-electron chi connectivity index (χ1n) is 6.64. The lowest BCUT2D eigenvalue weighted by atomic mass is 10.1. The van der Waals surface area contributed by atoms with E-state index >= 15 is 0 Å². The molecule has 0 radical (unpaired) electrons. The summed E-state index contributed by atoms with van der Waals surface area (Å²) in [4.78, 5) is 12.0. The number of nitrogens with zero attached hydrogens (tertiary/aromatic N) is 1. The van der Waals surface area contributed by atoms with E-state index in [1.165, 1.54) is 0 Å². The van der Waals surface area contributed by atoms with E-state index in [1.807, 2.05) is 20.8 Å². The Balaban J connectivity index is 2.91. The summed E-state index contributed by atoms with van der Waals surface area (Å²) in [5.41, 5.74) is 0.411. The molecule has 118 valence electrons. The summed E-state index contributed by atoms with van der Waals surface area (Å²) in [7, 11) is -3.55. The number of benzene rings is 1. The van der Waals surface area contributed by atoms with Crippen molar-refractivity contribution in [3.05, 3.63) is 29.3 Å². The summed E-state index contributed by atoms with van der Waals surface area (Å²) < 4.78 is 24.8. The fraction of sp³-hybridized carbons (Fsp3) is 0.500. The Morgan fingerprint density at radius 1 is 1.24 bits per heavy atom. The van der Waals surface area contributed by atoms with Crippen LogP contribution in [-0.2, 0) is 14.8 Å². The number of hydrogen-bond acceptors (Lipinski definition) is 3. The van der Waals surface area contributed by atoms with Crippen LogP contribution in [0.1, 0.15) is 20.8 Å². The van der Waals surface area contributed by atoms with Crippen molar-refractivity contribution in [2.24, 2.45) is 5.92 Å². The van der Waals surface area contributed by atoms with Crippen molar-refractivity contribution in [1.29, 1.82) is 0 Å². The molecule has 1 aromatic carbocycles. The lowest BCUT2D eigenvalue weighted by Crippen LogP contribution is -2.44. The first-order chi connectivity index (χ1) is 9.61. The standard InChI is InChI=1S/C14H21ClN2O3S/c1-10(2)11(3)16-14(18)9-17(21(4,19)20)13-7-5-12(15)6-8-13/h5-8,10-11H,9H2,1-4H3,(H,16,18)/t11-/m0/s1. The van der Waals surface area contributed by atoms with E-state index in [-0.39, 0.29) is 24.4 Å². The average Bonchev–Trinajstić information content (AvgIpc) is 2.35. The zero-order valence-corrected chi connectivity index (χ0v) is 14.2. The van der Waals surface area contributed by atoms with Crippen LogP contribution in [0.4, 0.5) is 5.69 Å². The van der Waals surface area contributed by atoms with Gasteiger partial charge < -0.3 is 5.32 Å². The van der Waals surface area contributed by atoms with Crippen LogP contribution >= 0.6 is 11.6 Å². The second kappa shape index (κ2) is 7.13. The van der Waals surface area contributed by atoms with Gasteiger partial charge >= 0.3 is 0 Å². The normalized spacial score (nSPS) is 13.0. The highest BCUT2D eigenvalue weighted by Crippen LogP contribution is 2.20. The molecule has 0 aliphatic rings. The minimum atomic E-state index is -3.55. The number of nitrogens with one attached hydrogen (secondary N) is 1. The summed E-state index contributed by atoms with van der Waals surface area (Å²) in [6, 6.07) is 6.29. The second-order valence-electron chi connectivity index (χ2n) is 5.35. The zero-order chi connectivity index (χ0) is 16.2. The Hall–Kier alpha value is -1.27. The van der Waals surface area contributed by atoms with Crippen LogP contribution in [0.3, 0.4) is 0 Å². The molecule has 0 aliphatic heterocycles. The molecule has 0 aromatic heterocycles. The summed E-state index contributed by atoms with van der Waals surface area (Å²) in [6.45, 7) is 5.60. The topological polar surface area (TPSA) is 66.5 Å². The lowest BCUT2D eigenvalue weighted by molar-refractivity contribution is -0.120. The molecule has 0 bridgehead atoms. The zero-order valence-electron chi connectivity index (χ0n) is 12.6. The molecule has 1 atom stereocenters. The van der Waals surface area contributed by atoms with Crippen LogP contribution in [0.5, 0.6) is 0 Å². The third kappa shape index (κ3) is 5.55. The Labute approximate surface area is 131 Å². The van der Waals surface area contributed by atoms with Gasteiger partial charge in [0.1, 0.15) is 6.54 Å². The molecule has 7 heteroatoms. The van der Waals surface area contributed by atoms with Crippen LogP contribution in [-0.4, -0.2) is 33.2 Å². The molecule has 0 fully saturated rings. The van der Waals surface area contributed by atoms with Gasteiger partial charge in [-0.2, -0.15) is 0 Å². The smallest absolute Gasteiger partial charge is 0.240 e. The summed E-state index contributed by atoms with van der Waals surface area (Å²) in [5.74, 6) is -0.0623. The molecular formula is C14H21ClN2O3S. The minimum Gasteiger partial charge on any atom is -0.352 e. The number of sulfonamides is 1. The van der Waals surface area contributed by atoms with E-state index in [4.69, 9.17) is 11.6 Å². The number of halogens is 1. The molecule has 0 saturated heterocycles. The van der Waals surface area contributed by atoms with Crippen molar-refractivity contribution in [2.45, 2.75) is 26.8 Å². The predicted molar refractivity (Wildman–Crippen MR) is 86.1 cm³/mol. The van der Waals surface area contributed by atoms with Crippen molar-refractivity contribution in [1.82, 2.24) is 5.32 Å². The number of carbonyl (C=O) groups is 1. The van der Waals surface area contributed by atoms with Crippen LogP contribution in [0.2, 0.25) is 5.02 Å². The van der Waals surface area contributed by atoms with Crippen LogP contribution in [0, 0.1) is 5.92 Å². The van der Waals surface area contributed by atoms with Crippen LogP contribution in [0.15, 0.2) is 24.3 Å². The molecule has 0 saturated carbocycles. The number of amides is 1. The highest BCUT2D eigenvalue weighted by Gasteiger charge is 2.22. The summed E-state index contributed by atoms with van der Waals surface area (Å²) in [5, 5.41) is 3.30. The SMILES string of the molecule is CC(C)[C@H](C)NC(=O)CN(c1ccc(Cl)cc1)S(C)(=O)=O. The molecule has 1 aromatic rings. The molecule has 0 heterocycles. The number of anilines is 1. The van der Waals surface area contributed by atoms with E-state index in [2.05, 4.69) is 5.32 Å². The number of hydrogen-bond donors (Lipinski definition) is 1. The van der Waals surface area contributed by atoms with E-state index in [0.717, 1.165) is 10.6 Å². The van der Waals surface area contributed by atoms with Gasteiger partial charge in [-0.3, -0.25) is 9.10 Å². The Bertz CT molecular complexity index is 585. The molecule has 0 aliphatic carbocycles. The van der Waals surface area contributed by atoms with Crippen molar-refractivity contribution >= 4 is 33.2 Å². The van der Waals surface area contributed by atoms with Gasteiger partial charge in [0.25, 0.3) is 0 Å². The van der Waals surface area contributed by atoms with Crippen LogP contribution < -0.4 is 9.62 Å². The van der Waals surface area contributed by atoms with Gasteiger partial charge in [-0.25, -0.2) is 8.42 Å². The van der Waals surface area contributed by atoms with Crippen molar-refractivity contribution in [3.8, 4) is 0 Å². The third-order valence-electron chi connectivity index (χ3n) is 3.19. The first-order valence-corrected chi connectivity index (χ1v) is 8.86. The molecule has 0 spiro atoms. The highest BCUT2D eigenvalue weighted by atomic mass is 35.5. The maximum atomic E-state index is 12.0. The van der Waals surface area contributed by atoms with E-state index < -0.39 is 10.0 Å². The molecule has 1 amide bonds. The van der Waals surface area contributed by atoms with Gasteiger partial charge in [0.15, 0.2) is 0 Å². The molecule has 21 heavy (non-hydrogen) atoms. The Kier molecular flexibility index (Phi) is 6.04. The molecule has 1 N–H and O–H groups in total. The Morgan fingerprint density at radius 3 is 2.19 bits per heavy atom. The highest BCUT2D eigenvalue weighted by molar-refractivity contribution is 7.92. The number of carbonyl (C=O) groups excluding carboxylic acids is 1. The largest absolute Gasteiger partial charge is 0.352 e. The van der Waals surface area contributed by atoms with E-state index in [9.17, 15) is 13.2 Å². The fourth-order valence-electron chi connectivity index (χ4n) is 1.60. The Morgan fingerprint density at radius 2 is 1.76 bits per heavy atom.